The minimum Gasteiger partial charge on any atom is -0.394 e. The van der Waals surface area contributed by atoms with Crippen LogP contribution in [0.15, 0.2) is 0 Å². The van der Waals surface area contributed by atoms with E-state index < -0.39 is 0 Å². The molecule has 0 aromatic rings. The molecule has 1 aliphatic rings. The van der Waals surface area contributed by atoms with Gasteiger partial charge in [0.15, 0.2) is 0 Å². The van der Waals surface area contributed by atoms with Crippen LogP contribution in [0.1, 0.15) is 60.8 Å². The van der Waals surface area contributed by atoms with Gasteiger partial charge in [0.05, 0.1) is 6.61 Å². The lowest BCUT2D eigenvalue weighted by Crippen LogP contribution is -2.49. The topological polar surface area (TPSA) is 35.5 Å². The minimum absolute atomic E-state index is 0.128. The standard InChI is InChI=1S/C17H36N2O/c1-14(2)18-17(6,13-20)9-7-10-19-11-8-15(12-19)16(3,4)5/h14-15,18,20H,7-13H2,1-6H3. The van der Waals surface area contributed by atoms with Crippen LogP contribution in [0.5, 0.6) is 0 Å². The van der Waals surface area contributed by atoms with E-state index in [4.69, 9.17) is 0 Å². The van der Waals surface area contributed by atoms with E-state index in [1.165, 1.54) is 26.1 Å². The van der Waals surface area contributed by atoms with Gasteiger partial charge in [-0.3, -0.25) is 0 Å². The smallest absolute Gasteiger partial charge is 0.0610 e. The van der Waals surface area contributed by atoms with E-state index in [0.29, 0.717) is 11.5 Å². The Morgan fingerprint density at radius 3 is 2.35 bits per heavy atom. The highest BCUT2D eigenvalue weighted by Gasteiger charge is 2.31. The Hall–Kier alpha value is -0.120. The molecule has 2 unspecified atom stereocenters. The van der Waals surface area contributed by atoms with Crippen molar-refractivity contribution >= 4 is 0 Å². The highest BCUT2D eigenvalue weighted by atomic mass is 16.3. The van der Waals surface area contributed by atoms with Crippen LogP contribution >= 0.6 is 0 Å². The molecule has 2 N–H and O–H groups in total. The molecule has 1 saturated heterocycles. The van der Waals surface area contributed by atoms with Crippen LogP contribution < -0.4 is 5.32 Å². The summed E-state index contributed by atoms with van der Waals surface area (Å²) < 4.78 is 0. The molecule has 20 heavy (non-hydrogen) atoms. The Labute approximate surface area is 126 Å². The fraction of sp³-hybridized carbons (Fsp3) is 1.00. The molecule has 1 heterocycles. The highest BCUT2D eigenvalue weighted by Crippen LogP contribution is 2.33. The second kappa shape index (κ2) is 7.24. The van der Waals surface area contributed by atoms with Crippen molar-refractivity contribution in [3.05, 3.63) is 0 Å². The first-order valence-electron chi connectivity index (χ1n) is 8.27. The summed E-state index contributed by atoms with van der Waals surface area (Å²) in [7, 11) is 0. The average molecular weight is 284 g/mol. The Morgan fingerprint density at radius 2 is 1.90 bits per heavy atom. The van der Waals surface area contributed by atoms with Gasteiger partial charge in [0.2, 0.25) is 0 Å². The van der Waals surface area contributed by atoms with Gasteiger partial charge in [0.25, 0.3) is 0 Å². The molecule has 0 amide bonds. The highest BCUT2D eigenvalue weighted by molar-refractivity contribution is 4.86. The quantitative estimate of drug-likeness (QED) is 0.754. The first-order chi connectivity index (χ1) is 9.16. The number of hydrogen-bond acceptors (Lipinski definition) is 3. The number of nitrogens with zero attached hydrogens (tertiary/aromatic N) is 1. The van der Waals surface area contributed by atoms with E-state index in [1.807, 2.05) is 0 Å². The summed E-state index contributed by atoms with van der Waals surface area (Å²) in [6.07, 6.45) is 3.54. The van der Waals surface area contributed by atoms with Crippen molar-refractivity contribution < 1.29 is 5.11 Å². The van der Waals surface area contributed by atoms with Crippen molar-refractivity contribution in [1.82, 2.24) is 10.2 Å². The lowest BCUT2D eigenvalue weighted by Gasteiger charge is -2.32. The van der Waals surface area contributed by atoms with Crippen LogP contribution in [0.4, 0.5) is 0 Å². The van der Waals surface area contributed by atoms with E-state index in [-0.39, 0.29) is 12.1 Å². The normalized spacial score (nSPS) is 24.3. The van der Waals surface area contributed by atoms with Gasteiger partial charge in [0, 0.05) is 18.1 Å². The Bertz CT molecular complexity index is 285. The SMILES string of the molecule is CC(C)NC(C)(CO)CCCN1CCC(C(C)(C)C)C1. The van der Waals surface area contributed by atoms with Crippen LogP contribution in [0.25, 0.3) is 0 Å². The fourth-order valence-electron chi connectivity index (χ4n) is 3.33. The molecule has 0 saturated carbocycles. The van der Waals surface area contributed by atoms with Crippen LogP contribution in [0.3, 0.4) is 0 Å². The predicted molar refractivity (Wildman–Crippen MR) is 87.0 cm³/mol. The summed E-state index contributed by atoms with van der Waals surface area (Å²) in [5.41, 5.74) is 0.310. The van der Waals surface area contributed by atoms with Crippen LogP contribution in [-0.4, -0.2) is 47.8 Å². The van der Waals surface area contributed by atoms with Crippen LogP contribution in [-0.2, 0) is 0 Å². The Morgan fingerprint density at radius 1 is 1.25 bits per heavy atom. The number of nitrogens with one attached hydrogen (secondary N) is 1. The third-order valence-electron chi connectivity index (χ3n) is 4.69. The molecule has 1 rings (SSSR count). The molecule has 3 heteroatoms. The van der Waals surface area contributed by atoms with E-state index in [1.54, 1.807) is 0 Å². The molecule has 2 atom stereocenters. The van der Waals surface area contributed by atoms with Crippen LogP contribution in [0.2, 0.25) is 0 Å². The maximum absolute atomic E-state index is 9.60. The van der Waals surface area contributed by atoms with Crippen LogP contribution in [0, 0.1) is 11.3 Å². The molecule has 0 bridgehead atoms. The van der Waals surface area contributed by atoms with Crippen molar-refractivity contribution in [3.63, 3.8) is 0 Å². The zero-order valence-electron chi connectivity index (χ0n) is 14.5. The van der Waals surface area contributed by atoms with E-state index in [2.05, 4.69) is 51.8 Å². The summed E-state index contributed by atoms with van der Waals surface area (Å²) in [5, 5.41) is 13.1. The summed E-state index contributed by atoms with van der Waals surface area (Å²) in [5.74, 6) is 0.834. The van der Waals surface area contributed by atoms with Gasteiger partial charge in [-0.25, -0.2) is 0 Å². The zero-order valence-corrected chi connectivity index (χ0v) is 14.5. The number of rotatable bonds is 7. The number of hydrogen-bond donors (Lipinski definition) is 2. The lowest BCUT2D eigenvalue weighted by atomic mass is 9.80. The third kappa shape index (κ3) is 5.71. The second-order valence-electron chi connectivity index (χ2n) is 8.27. The van der Waals surface area contributed by atoms with E-state index in [0.717, 1.165) is 18.8 Å². The molecule has 0 aromatic carbocycles. The summed E-state index contributed by atoms with van der Waals surface area (Å²) in [4.78, 5) is 2.60. The molecule has 0 aliphatic carbocycles. The minimum atomic E-state index is -0.128. The van der Waals surface area contributed by atoms with Crippen molar-refractivity contribution in [2.45, 2.75) is 72.4 Å². The van der Waals surface area contributed by atoms with Crippen molar-refractivity contribution in [1.29, 1.82) is 0 Å². The Balaban J connectivity index is 2.31. The average Bonchev–Trinajstić information content (AvgIpc) is 2.76. The first kappa shape index (κ1) is 17.9. The van der Waals surface area contributed by atoms with E-state index >= 15 is 0 Å². The molecule has 1 aliphatic heterocycles. The number of likely N-dealkylation sites (tertiary alicyclic amines) is 1. The Kier molecular flexibility index (Phi) is 6.49. The zero-order chi connectivity index (χ0) is 15.4. The summed E-state index contributed by atoms with van der Waals surface area (Å²) in [6, 6.07) is 0.421. The molecule has 0 spiro atoms. The van der Waals surface area contributed by atoms with Gasteiger partial charge in [-0.15, -0.1) is 0 Å². The number of aliphatic hydroxyl groups excluding tert-OH is 1. The largest absolute Gasteiger partial charge is 0.394 e. The van der Waals surface area contributed by atoms with Crippen molar-refractivity contribution in [2.75, 3.05) is 26.2 Å². The monoisotopic (exact) mass is 284 g/mol. The van der Waals surface area contributed by atoms with Crippen molar-refractivity contribution in [2.24, 2.45) is 11.3 Å². The maximum Gasteiger partial charge on any atom is 0.0610 e. The maximum atomic E-state index is 9.60. The van der Waals surface area contributed by atoms with Crippen molar-refractivity contribution in [3.8, 4) is 0 Å². The fourth-order valence-corrected chi connectivity index (χ4v) is 3.33. The van der Waals surface area contributed by atoms with Gasteiger partial charge in [0.1, 0.15) is 0 Å². The number of aliphatic hydroxyl groups is 1. The van der Waals surface area contributed by atoms with Gasteiger partial charge < -0.3 is 15.3 Å². The molecule has 0 aromatic heterocycles. The summed E-state index contributed by atoms with van der Waals surface area (Å²) >= 11 is 0. The van der Waals surface area contributed by atoms with Gasteiger partial charge in [-0.1, -0.05) is 34.6 Å². The predicted octanol–water partition coefficient (Wildman–Crippen LogP) is 2.88. The molecule has 0 radical (unpaired) electrons. The van der Waals surface area contributed by atoms with E-state index in [9.17, 15) is 5.11 Å². The second-order valence-corrected chi connectivity index (χ2v) is 8.27. The summed E-state index contributed by atoms with van der Waals surface area (Å²) in [6.45, 7) is 17.4. The van der Waals surface area contributed by atoms with Gasteiger partial charge in [-0.2, -0.15) is 0 Å². The molecule has 1 fully saturated rings. The van der Waals surface area contributed by atoms with Gasteiger partial charge >= 0.3 is 0 Å². The van der Waals surface area contributed by atoms with Gasteiger partial charge in [-0.05, 0) is 50.6 Å². The molecular weight excluding hydrogens is 248 g/mol. The molecule has 120 valence electrons. The molecular formula is C17H36N2O. The third-order valence-corrected chi connectivity index (χ3v) is 4.69. The first-order valence-corrected chi connectivity index (χ1v) is 8.27. The molecule has 3 nitrogen and oxygen atoms in total. The lowest BCUT2D eigenvalue weighted by molar-refractivity contribution is 0.149.